The molecule has 132 valence electrons. The van der Waals surface area contributed by atoms with Gasteiger partial charge in [0, 0.05) is 42.8 Å². The van der Waals surface area contributed by atoms with Crippen LogP contribution >= 0.6 is 0 Å². The van der Waals surface area contributed by atoms with Crippen LogP contribution in [0.3, 0.4) is 0 Å². The molecule has 5 nitrogen and oxygen atoms in total. The molecule has 1 aromatic carbocycles. The fraction of sp³-hybridized carbons (Fsp3) is 0.250. The Morgan fingerprint density at radius 1 is 1.08 bits per heavy atom. The van der Waals surface area contributed by atoms with Crippen molar-refractivity contribution >= 4 is 5.82 Å². The van der Waals surface area contributed by atoms with E-state index in [1.165, 1.54) is 12.1 Å². The second-order valence-electron chi connectivity index (χ2n) is 6.28. The Kier molecular flexibility index (Phi) is 4.58. The highest BCUT2D eigenvalue weighted by molar-refractivity contribution is 5.57. The van der Waals surface area contributed by atoms with E-state index in [2.05, 4.69) is 14.9 Å². The molecule has 1 saturated heterocycles. The molecule has 0 bridgehead atoms. The van der Waals surface area contributed by atoms with E-state index >= 15 is 0 Å². The second-order valence-corrected chi connectivity index (χ2v) is 6.28. The van der Waals surface area contributed by atoms with Gasteiger partial charge in [-0.25, -0.2) is 14.4 Å². The number of hydrogen-bond acceptors (Lipinski definition) is 5. The SMILES string of the molecule is Cc1cc(N2CCO[C@@H](c3ccc(F)cc3)C2)nc(-c2ccncc2)n1. The van der Waals surface area contributed by atoms with E-state index in [4.69, 9.17) is 9.72 Å². The van der Waals surface area contributed by atoms with Crippen LogP contribution in [0, 0.1) is 12.7 Å². The highest BCUT2D eigenvalue weighted by Crippen LogP contribution is 2.27. The van der Waals surface area contributed by atoms with E-state index in [-0.39, 0.29) is 11.9 Å². The number of halogens is 1. The zero-order chi connectivity index (χ0) is 17.9. The lowest BCUT2D eigenvalue weighted by Crippen LogP contribution is -2.39. The molecule has 1 aliphatic rings. The number of morpholine rings is 1. The molecule has 3 aromatic rings. The molecule has 0 aliphatic carbocycles. The molecule has 4 rings (SSSR count). The van der Waals surface area contributed by atoms with Crippen molar-refractivity contribution in [3.05, 3.63) is 71.9 Å². The summed E-state index contributed by atoms with van der Waals surface area (Å²) in [5.41, 5.74) is 2.82. The van der Waals surface area contributed by atoms with Crippen LogP contribution in [-0.4, -0.2) is 34.6 Å². The molecule has 1 aliphatic heterocycles. The summed E-state index contributed by atoms with van der Waals surface area (Å²) >= 11 is 0. The molecule has 2 aromatic heterocycles. The molecular formula is C20H19FN4O. The van der Waals surface area contributed by atoms with Crippen LogP contribution in [0.4, 0.5) is 10.2 Å². The molecule has 0 radical (unpaired) electrons. The third-order valence-corrected chi connectivity index (χ3v) is 4.41. The maximum atomic E-state index is 13.2. The molecular weight excluding hydrogens is 331 g/mol. The van der Waals surface area contributed by atoms with Crippen LogP contribution in [0.25, 0.3) is 11.4 Å². The number of pyridine rings is 1. The first kappa shape index (κ1) is 16.6. The van der Waals surface area contributed by atoms with Crippen LogP contribution in [0.2, 0.25) is 0 Å². The van der Waals surface area contributed by atoms with E-state index in [1.807, 2.05) is 25.1 Å². The van der Waals surface area contributed by atoms with Crippen LogP contribution in [0.15, 0.2) is 54.9 Å². The normalized spacial score (nSPS) is 17.3. The zero-order valence-electron chi connectivity index (χ0n) is 14.5. The highest BCUT2D eigenvalue weighted by atomic mass is 19.1. The standard InChI is InChI=1S/C20H19FN4O/c1-14-12-19(24-20(23-14)16-6-8-22-9-7-16)25-10-11-26-18(13-25)15-2-4-17(21)5-3-15/h2-9,12,18H,10-11,13H2,1H3/t18-/m1/s1. The van der Waals surface area contributed by atoms with E-state index in [9.17, 15) is 4.39 Å². The van der Waals surface area contributed by atoms with Gasteiger partial charge >= 0.3 is 0 Å². The molecule has 0 spiro atoms. The Balaban J connectivity index is 1.60. The molecule has 1 atom stereocenters. The van der Waals surface area contributed by atoms with Gasteiger partial charge < -0.3 is 9.64 Å². The van der Waals surface area contributed by atoms with Gasteiger partial charge in [-0.3, -0.25) is 4.98 Å². The Morgan fingerprint density at radius 3 is 2.62 bits per heavy atom. The van der Waals surface area contributed by atoms with Crippen molar-refractivity contribution in [1.29, 1.82) is 0 Å². The molecule has 0 unspecified atom stereocenters. The lowest BCUT2D eigenvalue weighted by Gasteiger charge is -2.34. The fourth-order valence-electron chi connectivity index (χ4n) is 3.08. The van der Waals surface area contributed by atoms with Crippen LogP contribution < -0.4 is 4.90 Å². The first-order chi connectivity index (χ1) is 12.7. The lowest BCUT2D eigenvalue weighted by molar-refractivity contribution is 0.0395. The average Bonchev–Trinajstić information content (AvgIpc) is 2.69. The Hall–Kier alpha value is -2.86. The van der Waals surface area contributed by atoms with Gasteiger partial charge in [0.1, 0.15) is 17.7 Å². The van der Waals surface area contributed by atoms with Gasteiger partial charge in [0.25, 0.3) is 0 Å². The predicted molar refractivity (Wildman–Crippen MR) is 97.3 cm³/mol. The summed E-state index contributed by atoms with van der Waals surface area (Å²) in [4.78, 5) is 15.5. The largest absolute Gasteiger partial charge is 0.370 e. The molecule has 0 N–H and O–H groups in total. The van der Waals surface area contributed by atoms with Gasteiger partial charge in [-0.15, -0.1) is 0 Å². The summed E-state index contributed by atoms with van der Waals surface area (Å²) in [6.07, 6.45) is 3.36. The van der Waals surface area contributed by atoms with Crippen LogP contribution in [0.5, 0.6) is 0 Å². The number of aryl methyl sites for hydroxylation is 1. The summed E-state index contributed by atoms with van der Waals surface area (Å²) in [6, 6.07) is 12.3. The molecule has 26 heavy (non-hydrogen) atoms. The van der Waals surface area contributed by atoms with Gasteiger partial charge in [0.2, 0.25) is 0 Å². The first-order valence-corrected chi connectivity index (χ1v) is 8.57. The fourth-order valence-corrected chi connectivity index (χ4v) is 3.08. The van der Waals surface area contributed by atoms with E-state index in [0.29, 0.717) is 19.0 Å². The Bertz CT molecular complexity index is 886. The number of aromatic nitrogens is 3. The van der Waals surface area contributed by atoms with Gasteiger partial charge in [0.05, 0.1) is 6.61 Å². The van der Waals surface area contributed by atoms with Crippen molar-refractivity contribution in [3.8, 4) is 11.4 Å². The number of anilines is 1. The number of hydrogen-bond donors (Lipinski definition) is 0. The zero-order valence-corrected chi connectivity index (χ0v) is 14.5. The van der Waals surface area contributed by atoms with Crippen molar-refractivity contribution < 1.29 is 9.13 Å². The molecule has 1 fully saturated rings. The maximum Gasteiger partial charge on any atom is 0.161 e. The summed E-state index contributed by atoms with van der Waals surface area (Å²) in [5.74, 6) is 1.32. The Labute approximate surface area is 151 Å². The number of nitrogens with zero attached hydrogens (tertiary/aromatic N) is 4. The third kappa shape index (κ3) is 3.55. The predicted octanol–water partition coefficient (Wildman–Crippen LogP) is 3.56. The monoisotopic (exact) mass is 350 g/mol. The van der Waals surface area contributed by atoms with Crippen LogP contribution in [-0.2, 0) is 4.74 Å². The highest BCUT2D eigenvalue weighted by Gasteiger charge is 2.23. The van der Waals surface area contributed by atoms with Gasteiger partial charge in [-0.2, -0.15) is 0 Å². The lowest BCUT2D eigenvalue weighted by atomic mass is 10.1. The summed E-state index contributed by atoms with van der Waals surface area (Å²) in [7, 11) is 0. The van der Waals surface area contributed by atoms with E-state index < -0.39 is 0 Å². The topological polar surface area (TPSA) is 51.1 Å². The minimum atomic E-state index is -0.241. The minimum Gasteiger partial charge on any atom is -0.370 e. The van der Waals surface area contributed by atoms with Crippen molar-refractivity contribution in [3.63, 3.8) is 0 Å². The molecule has 0 amide bonds. The summed E-state index contributed by atoms with van der Waals surface area (Å²) < 4.78 is 19.1. The van der Waals surface area contributed by atoms with Crippen molar-refractivity contribution in [2.75, 3.05) is 24.6 Å². The number of ether oxygens (including phenoxy) is 1. The average molecular weight is 350 g/mol. The first-order valence-electron chi connectivity index (χ1n) is 8.57. The molecule has 0 saturated carbocycles. The smallest absolute Gasteiger partial charge is 0.161 e. The quantitative estimate of drug-likeness (QED) is 0.723. The second kappa shape index (κ2) is 7.17. The van der Waals surface area contributed by atoms with E-state index in [1.54, 1.807) is 24.5 Å². The molecule has 6 heteroatoms. The van der Waals surface area contributed by atoms with Gasteiger partial charge in [0.15, 0.2) is 5.82 Å². The van der Waals surface area contributed by atoms with Crippen LogP contribution in [0.1, 0.15) is 17.4 Å². The maximum absolute atomic E-state index is 13.2. The Morgan fingerprint density at radius 2 is 1.85 bits per heavy atom. The number of benzene rings is 1. The summed E-state index contributed by atoms with van der Waals surface area (Å²) in [6.45, 7) is 3.98. The third-order valence-electron chi connectivity index (χ3n) is 4.41. The van der Waals surface area contributed by atoms with Gasteiger partial charge in [-0.1, -0.05) is 12.1 Å². The molecule has 3 heterocycles. The van der Waals surface area contributed by atoms with Gasteiger partial charge in [-0.05, 0) is 36.8 Å². The van der Waals surface area contributed by atoms with Crippen molar-refractivity contribution in [2.24, 2.45) is 0 Å². The minimum absolute atomic E-state index is 0.107. The summed E-state index contributed by atoms with van der Waals surface area (Å²) in [5, 5.41) is 0. The van der Waals surface area contributed by atoms with E-state index in [0.717, 1.165) is 29.2 Å². The number of rotatable bonds is 3. The van der Waals surface area contributed by atoms with Crippen molar-refractivity contribution in [2.45, 2.75) is 13.0 Å². The van der Waals surface area contributed by atoms with Crippen molar-refractivity contribution in [1.82, 2.24) is 15.0 Å².